The van der Waals surface area contributed by atoms with Gasteiger partial charge in [0.2, 0.25) is 0 Å². The smallest absolute Gasteiger partial charge is 0.322 e. The van der Waals surface area contributed by atoms with Gasteiger partial charge in [0.1, 0.15) is 5.41 Å². The van der Waals surface area contributed by atoms with Gasteiger partial charge in [-0.25, -0.2) is 0 Å². The van der Waals surface area contributed by atoms with Crippen molar-refractivity contribution in [1.82, 2.24) is 0 Å². The van der Waals surface area contributed by atoms with Gasteiger partial charge >= 0.3 is 5.97 Å². The Morgan fingerprint density at radius 2 is 1.86 bits per heavy atom. The molecule has 0 rings (SSSR count). The quantitative estimate of drug-likeness (QED) is 0.702. The first-order valence-corrected chi connectivity index (χ1v) is 5.04. The average Bonchev–Trinajstić information content (AvgIpc) is 2.01. The second kappa shape index (κ2) is 5.05. The summed E-state index contributed by atoms with van der Waals surface area (Å²) < 4.78 is 0. The second-order valence-corrected chi connectivity index (χ2v) is 4.40. The molecule has 14 heavy (non-hydrogen) atoms. The van der Waals surface area contributed by atoms with Crippen LogP contribution in [-0.2, 0) is 4.79 Å². The van der Waals surface area contributed by atoms with Crippen LogP contribution in [0.2, 0.25) is 0 Å². The van der Waals surface area contributed by atoms with E-state index in [1.54, 1.807) is 6.92 Å². The lowest BCUT2D eigenvalue weighted by Crippen LogP contribution is -2.36. The molecule has 1 N–H and O–H groups in total. The summed E-state index contributed by atoms with van der Waals surface area (Å²) in [7, 11) is 0. The van der Waals surface area contributed by atoms with Crippen LogP contribution in [0.5, 0.6) is 0 Å². The number of hydrogen-bond donors (Lipinski definition) is 1. The highest BCUT2D eigenvalue weighted by molar-refractivity contribution is 5.79. The van der Waals surface area contributed by atoms with Crippen molar-refractivity contribution in [1.29, 1.82) is 0 Å². The molecule has 0 bridgehead atoms. The molecule has 1 unspecified atom stereocenters. The number of carboxylic acid groups (broad SMARTS) is 1. The van der Waals surface area contributed by atoms with Crippen LogP contribution in [-0.4, -0.2) is 11.1 Å². The molecule has 0 aliphatic carbocycles. The number of aliphatic carboxylic acids is 1. The van der Waals surface area contributed by atoms with E-state index < -0.39 is 11.4 Å². The molecule has 0 aromatic heterocycles. The SMILES string of the molecule is CC#CC(CC(C)C)(C(=O)O)C(C)C. The summed E-state index contributed by atoms with van der Waals surface area (Å²) in [5.74, 6) is 5.21. The molecule has 1 atom stereocenters. The lowest BCUT2D eigenvalue weighted by Gasteiger charge is -2.29. The third kappa shape index (κ3) is 2.77. The van der Waals surface area contributed by atoms with Crippen LogP contribution in [0.4, 0.5) is 0 Å². The maximum atomic E-state index is 11.3. The highest BCUT2D eigenvalue weighted by Crippen LogP contribution is 2.34. The Kier molecular flexibility index (Phi) is 4.70. The first-order valence-electron chi connectivity index (χ1n) is 5.04. The molecule has 0 heterocycles. The van der Waals surface area contributed by atoms with Crippen molar-refractivity contribution in [3.05, 3.63) is 0 Å². The fourth-order valence-corrected chi connectivity index (χ4v) is 1.69. The van der Waals surface area contributed by atoms with Crippen LogP contribution in [0, 0.1) is 29.1 Å². The van der Waals surface area contributed by atoms with Gasteiger partial charge in [-0.2, -0.15) is 0 Å². The minimum absolute atomic E-state index is 0.0369. The highest BCUT2D eigenvalue weighted by atomic mass is 16.4. The Balaban J connectivity index is 5.12. The summed E-state index contributed by atoms with van der Waals surface area (Å²) in [4.78, 5) is 11.3. The lowest BCUT2D eigenvalue weighted by molar-refractivity contribution is -0.148. The molecule has 2 heteroatoms. The summed E-state index contributed by atoms with van der Waals surface area (Å²) in [6.07, 6.45) is 0.612. The maximum absolute atomic E-state index is 11.3. The Morgan fingerprint density at radius 3 is 2.07 bits per heavy atom. The third-order valence-corrected chi connectivity index (χ3v) is 2.45. The fourth-order valence-electron chi connectivity index (χ4n) is 1.69. The normalized spacial score (nSPS) is 14.8. The van der Waals surface area contributed by atoms with Gasteiger partial charge in [-0.15, -0.1) is 5.92 Å². The molecule has 0 aromatic carbocycles. The summed E-state index contributed by atoms with van der Waals surface area (Å²) in [6.45, 7) is 9.58. The van der Waals surface area contributed by atoms with Gasteiger partial charge in [0.15, 0.2) is 0 Å². The largest absolute Gasteiger partial charge is 0.480 e. The minimum Gasteiger partial charge on any atom is -0.480 e. The Hall–Kier alpha value is -0.970. The number of hydrogen-bond acceptors (Lipinski definition) is 1. The molecule has 0 aromatic rings. The monoisotopic (exact) mass is 196 g/mol. The molecule has 80 valence electrons. The Labute approximate surface area is 86.7 Å². The molecule has 0 amide bonds. The van der Waals surface area contributed by atoms with Crippen LogP contribution >= 0.6 is 0 Å². The molecule has 2 nitrogen and oxygen atoms in total. The van der Waals surface area contributed by atoms with Crippen molar-refractivity contribution in [2.24, 2.45) is 17.3 Å². The van der Waals surface area contributed by atoms with E-state index in [9.17, 15) is 9.90 Å². The van der Waals surface area contributed by atoms with Gasteiger partial charge in [0, 0.05) is 0 Å². The topological polar surface area (TPSA) is 37.3 Å². The van der Waals surface area contributed by atoms with E-state index in [2.05, 4.69) is 11.8 Å². The molecule has 0 aliphatic rings. The summed E-state index contributed by atoms with van der Waals surface area (Å²) in [5, 5.41) is 9.27. The zero-order valence-electron chi connectivity index (χ0n) is 9.72. The molecule has 0 saturated heterocycles. The van der Waals surface area contributed by atoms with Crippen molar-refractivity contribution in [3.8, 4) is 11.8 Å². The molecule has 0 radical (unpaired) electrons. The van der Waals surface area contributed by atoms with E-state index in [4.69, 9.17) is 0 Å². The third-order valence-electron chi connectivity index (χ3n) is 2.45. The van der Waals surface area contributed by atoms with Crippen LogP contribution in [0.25, 0.3) is 0 Å². The van der Waals surface area contributed by atoms with Crippen molar-refractivity contribution >= 4 is 5.97 Å². The summed E-state index contributed by atoms with van der Waals surface area (Å²) in [5.41, 5.74) is -0.872. The van der Waals surface area contributed by atoms with Crippen molar-refractivity contribution in [2.75, 3.05) is 0 Å². The van der Waals surface area contributed by atoms with Crippen LogP contribution < -0.4 is 0 Å². The maximum Gasteiger partial charge on any atom is 0.322 e. The molecule has 0 fully saturated rings. The average molecular weight is 196 g/mol. The predicted octanol–water partition coefficient (Wildman–Crippen LogP) is 2.78. The lowest BCUT2D eigenvalue weighted by atomic mass is 9.72. The van der Waals surface area contributed by atoms with Gasteiger partial charge in [-0.05, 0) is 25.2 Å². The van der Waals surface area contributed by atoms with Crippen molar-refractivity contribution < 1.29 is 9.90 Å². The molecule has 0 spiro atoms. The molecular weight excluding hydrogens is 176 g/mol. The van der Waals surface area contributed by atoms with Gasteiger partial charge in [-0.1, -0.05) is 33.6 Å². The van der Waals surface area contributed by atoms with Crippen molar-refractivity contribution in [2.45, 2.75) is 41.0 Å². The standard InChI is InChI=1S/C12H20O2/c1-6-7-12(10(4)5,11(13)14)8-9(2)3/h9-10H,8H2,1-5H3,(H,13,14). The fraction of sp³-hybridized carbons (Fsp3) is 0.750. The Morgan fingerprint density at radius 1 is 1.36 bits per heavy atom. The van der Waals surface area contributed by atoms with Gasteiger partial charge < -0.3 is 5.11 Å². The van der Waals surface area contributed by atoms with E-state index in [1.807, 2.05) is 27.7 Å². The highest BCUT2D eigenvalue weighted by Gasteiger charge is 2.40. The Bertz CT molecular complexity index is 255. The van der Waals surface area contributed by atoms with Gasteiger partial charge in [-0.3, -0.25) is 4.79 Å². The minimum atomic E-state index is -0.872. The summed E-state index contributed by atoms with van der Waals surface area (Å²) in [6, 6.07) is 0. The van der Waals surface area contributed by atoms with Crippen molar-refractivity contribution in [3.63, 3.8) is 0 Å². The van der Waals surface area contributed by atoms with Crippen LogP contribution in [0.1, 0.15) is 41.0 Å². The van der Waals surface area contributed by atoms with Gasteiger partial charge in [0.25, 0.3) is 0 Å². The van der Waals surface area contributed by atoms with Crippen LogP contribution in [0.3, 0.4) is 0 Å². The van der Waals surface area contributed by atoms with Crippen LogP contribution in [0.15, 0.2) is 0 Å². The molecule has 0 saturated carbocycles. The second-order valence-electron chi connectivity index (χ2n) is 4.40. The predicted molar refractivity (Wildman–Crippen MR) is 57.8 cm³/mol. The first kappa shape index (κ1) is 13.0. The van der Waals surface area contributed by atoms with E-state index in [0.717, 1.165) is 0 Å². The molecular formula is C12H20O2. The van der Waals surface area contributed by atoms with E-state index >= 15 is 0 Å². The van der Waals surface area contributed by atoms with E-state index in [1.165, 1.54) is 0 Å². The number of carbonyl (C=O) groups is 1. The zero-order chi connectivity index (χ0) is 11.4. The van der Waals surface area contributed by atoms with Gasteiger partial charge in [0.05, 0.1) is 0 Å². The zero-order valence-corrected chi connectivity index (χ0v) is 9.72. The molecule has 0 aliphatic heterocycles. The number of carboxylic acids is 1. The first-order chi connectivity index (χ1) is 6.36. The van der Waals surface area contributed by atoms with E-state index in [-0.39, 0.29) is 5.92 Å². The van der Waals surface area contributed by atoms with E-state index in [0.29, 0.717) is 12.3 Å². The summed E-state index contributed by atoms with van der Waals surface area (Å²) >= 11 is 0. The number of rotatable bonds is 4.